The van der Waals surface area contributed by atoms with Crippen molar-refractivity contribution in [1.29, 1.82) is 0 Å². The fourth-order valence-electron chi connectivity index (χ4n) is 3.49. The molecule has 4 unspecified atom stereocenters. The normalized spacial score (nSPS) is 28.7. The highest BCUT2D eigenvalue weighted by atomic mass is 35.5. The molecule has 3 rings (SSSR count). The molecule has 36 heavy (non-hydrogen) atoms. The molecule has 1 saturated heterocycles. The van der Waals surface area contributed by atoms with Crippen molar-refractivity contribution in [3.63, 3.8) is 0 Å². The number of fused-ring (bicyclic) bond motifs is 1. The van der Waals surface area contributed by atoms with Crippen LogP contribution in [0.3, 0.4) is 0 Å². The minimum Gasteiger partial charge on any atom is -0.387 e. The second kappa shape index (κ2) is 9.94. The number of aliphatic hydroxyl groups is 1. The van der Waals surface area contributed by atoms with Crippen molar-refractivity contribution >= 4 is 52.1 Å². The van der Waals surface area contributed by atoms with Gasteiger partial charge in [0.1, 0.15) is 12.2 Å². The Morgan fingerprint density at radius 2 is 1.92 bits per heavy atom. The number of aromatic amines is 1. The summed E-state index contributed by atoms with van der Waals surface area (Å²) in [6, 6.07) is 1.37. The van der Waals surface area contributed by atoms with Gasteiger partial charge in [-0.15, -0.1) is 5.92 Å². The molecule has 0 aromatic carbocycles. The first-order valence-electron chi connectivity index (χ1n) is 9.54. The maximum Gasteiger partial charge on any atom is 0.490 e. The van der Waals surface area contributed by atoms with Gasteiger partial charge < -0.3 is 39.7 Å². The molecule has 1 aliphatic heterocycles. The number of aliphatic hydroxyl groups excluding tert-OH is 1. The molecule has 21 heteroatoms. The van der Waals surface area contributed by atoms with Crippen molar-refractivity contribution in [2.45, 2.75) is 43.3 Å². The summed E-state index contributed by atoms with van der Waals surface area (Å²) < 4.78 is 53.7. The molecule has 200 valence electrons. The number of phosphoric ester groups is 1. The van der Waals surface area contributed by atoms with Crippen LogP contribution in [0.4, 0.5) is 5.95 Å². The Balaban J connectivity index is 1.92. The Morgan fingerprint density at radius 3 is 2.50 bits per heavy atom. The van der Waals surface area contributed by atoms with Gasteiger partial charge in [-0.25, -0.2) is 13.7 Å². The quantitative estimate of drug-likeness (QED) is 0.123. The number of halogens is 1. The third kappa shape index (κ3) is 6.09. The number of anilines is 1. The van der Waals surface area contributed by atoms with E-state index in [4.69, 9.17) is 36.4 Å². The zero-order chi connectivity index (χ0) is 27.3. The van der Waals surface area contributed by atoms with Crippen LogP contribution in [0.25, 0.3) is 11.0 Å². The molecule has 1 fully saturated rings. The molecular formula is C15H20ClN4O13P3. The van der Waals surface area contributed by atoms with Crippen LogP contribution in [-0.4, -0.2) is 62.4 Å². The molecule has 3 heterocycles. The van der Waals surface area contributed by atoms with Gasteiger partial charge in [-0.05, 0) is 19.9 Å². The monoisotopic (exact) mass is 592 g/mol. The summed E-state index contributed by atoms with van der Waals surface area (Å²) in [5.74, 6) is 4.87. The van der Waals surface area contributed by atoms with Gasteiger partial charge in [0.25, 0.3) is 5.56 Å². The van der Waals surface area contributed by atoms with Gasteiger partial charge in [-0.3, -0.25) is 14.3 Å². The standard InChI is InChI=1S/C15H20ClN4O13P3/c1-3-5-15(16)10(21)9(7(2)31-35(26,27)33-36(28,29)32-34(23,24)25)30-13(15)20-6-4-8-11(20)18-14(17)19-12(8)22/h4,6-7,9-10,13,21H,1-2H3,(H,26,27)(H,28,29)(H2,23,24,25)(H3,17,18,19,22)/t7-,9?,10?,13-,15-/m1/s1. The van der Waals surface area contributed by atoms with Crippen LogP contribution in [0.15, 0.2) is 17.1 Å². The molecule has 0 aliphatic carbocycles. The molecule has 0 bridgehead atoms. The Labute approximate surface area is 206 Å². The largest absolute Gasteiger partial charge is 0.490 e. The van der Waals surface area contributed by atoms with Crippen LogP contribution in [0.5, 0.6) is 0 Å². The van der Waals surface area contributed by atoms with Crippen LogP contribution < -0.4 is 11.3 Å². The summed E-state index contributed by atoms with van der Waals surface area (Å²) in [5.41, 5.74) is 5.05. The first-order chi connectivity index (χ1) is 16.4. The molecule has 0 amide bonds. The Hall–Kier alpha value is -1.60. The molecular weight excluding hydrogens is 573 g/mol. The SMILES string of the molecule is CC#C[C@@]1(Cl)C(O)C([C@@H](C)OP(=O)(O)OP(=O)(O)OP(=O)(O)O)O[C@H]1n1ccc2c(=O)[nH]c(N)nc21. The number of H-pyrrole nitrogens is 1. The summed E-state index contributed by atoms with van der Waals surface area (Å²) in [6.07, 6.45) is -4.92. The van der Waals surface area contributed by atoms with E-state index in [1.165, 1.54) is 23.8 Å². The minimum absolute atomic E-state index is 0.0116. The maximum atomic E-state index is 12.2. The Kier molecular flexibility index (Phi) is 7.99. The van der Waals surface area contributed by atoms with Crippen molar-refractivity contribution in [2.75, 3.05) is 5.73 Å². The summed E-state index contributed by atoms with van der Waals surface area (Å²) in [4.78, 5) is 53.0. The number of nitrogens with two attached hydrogens (primary N) is 1. The fourth-order valence-corrected chi connectivity index (χ4v) is 7.06. The molecule has 0 spiro atoms. The first-order valence-corrected chi connectivity index (χ1v) is 14.4. The van der Waals surface area contributed by atoms with E-state index in [-0.39, 0.29) is 17.0 Å². The average molecular weight is 593 g/mol. The molecule has 7 atom stereocenters. The number of phosphoric acid groups is 3. The van der Waals surface area contributed by atoms with Crippen LogP contribution in [0.2, 0.25) is 0 Å². The van der Waals surface area contributed by atoms with E-state index in [1.54, 1.807) is 0 Å². The topological polar surface area (TPSA) is 266 Å². The fraction of sp³-hybridized carbons (Fsp3) is 0.467. The number of hydrogen-bond donors (Lipinski definition) is 7. The van der Waals surface area contributed by atoms with Crippen molar-refractivity contribution in [3.8, 4) is 11.8 Å². The van der Waals surface area contributed by atoms with Crippen molar-refractivity contribution in [3.05, 3.63) is 22.6 Å². The summed E-state index contributed by atoms with van der Waals surface area (Å²) >= 11 is 6.62. The maximum absolute atomic E-state index is 12.2. The number of alkyl halides is 1. The molecule has 0 radical (unpaired) electrons. The number of rotatable bonds is 8. The lowest BCUT2D eigenvalue weighted by Crippen LogP contribution is -2.43. The van der Waals surface area contributed by atoms with Crippen molar-refractivity contribution < 1.29 is 56.3 Å². The van der Waals surface area contributed by atoms with Crippen LogP contribution in [-0.2, 0) is 31.6 Å². The highest BCUT2D eigenvalue weighted by molar-refractivity contribution is 7.66. The highest BCUT2D eigenvalue weighted by Gasteiger charge is 2.58. The highest BCUT2D eigenvalue weighted by Crippen LogP contribution is 2.66. The average Bonchev–Trinajstić information content (AvgIpc) is 3.18. The van der Waals surface area contributed by atoms with E-state index < -0.39 is 58.4 Å². The lowest BCUT2D eigenvalue weighted by Gasteiger charge is -2.26. The van der Waals surface area contributed by atoms with E-state index in [0.29, 0.717) is 0 Å². The number of hydrogen-bond acceptors (Lipinski definition) is 11. The molecule has 17 nitrogen and oxygen atoms in total. The van der Waals surface area contributed by atoms with E-state index in [1.807, 2.05) is 0 Å². The van der Waals surface area contributed by atoms with Gasteiger partial charge in [-0.2, -0.15) is 13.6 Å². The molecule has 2 aromatic rings. The first kappa shape index (κ1) is 29.0. The number of nitrogens with one attached hydrogen (secondary N) is 1. The lowest BCUT2D eigenvalue weighted by molar-refractivity contribution is -0.0727. The van der Waals surface area contributed by atoms with Crippen LogP contribution in [0, 0.1) is 11.8 Å². The van der Waals surface area contributed by atoms with Gasteiger partial charge in [0.2, 0.25) is 5.95 Å². The van der Waals surface area contributed by atoms with Gasteiger partial charge in [0.05, 0.1) is 11.5 Å². The van der Waals surface area contributed by atoms with Crippen molar-refractivity contribution in [2.24, 2.45) is 0 Å². The Morgan fingerprint density at radius 1 is 1.28 bits per heavy atom. The van der Waals surface area contributed by atoms with Gasteiger partial charge in [-0.1, -0.05) is 17.5 Å². The van der Waals surface area contributed by atoms with E-state index >= 15 is 0 Å². The summed E-state index contributed by atoms with van der Waals surface area (Å²) in [7, 11) is -16.9. The number of nitrogens with zero attached hydrogens (tertiary/aromatic N) is 2. The smallest absolute Gasteiger partial charge is 0.387 e. The van der Waals surface area contributed by atoms with Crippen molar-refractivity contribution in [1.82, 2.24) is 14.5 Å². The number of aromatic nitrogens is 3. The van der Waals surface area contributed by atoms with E-state index in [0.717, 1.165) is 6.92 Å². The van der Waals surface area contributed by atoms with Gasteiger partial charge in [0.15, 0.2) is 16.7 Å². The predicted octanol–water partition coefficient (Wildman–Crippen LogP) is 0.298. The van der Waals surface area contributed by atoms with Crippen LogP contribution in [0.1, 0.15) is 20.1 Å². The minimum atomic E-state index is -5.77. The Bertz CT molecular complexity index is 1430. The zero-order valence-electron chi connectivity index (χ0n) is 18.2. The second-order valence-electron chi connectivity index (χ2n) is 7.35. The van der Waals surface area contributed by atoms with Gasteiger partial charge in [0, 0.05) is 6.20 Å². The molecule has 2 aromatic heterocycles. The third-order valence-electron chi connectivity index (χ3n) is 4.73. The van der Waals surface area contributed by atoms with E-state index in [2.05, 4.69) is 30.4 Å². The predicted molar refractivity (Wildman–Crippen MR) is 121 cm³/mol. The molecule has 1 aliphatic rings. The second-order valence-corrected chi connectivity index (χ2v) is 12.4. The molecule has 8 N–H and O–H groups in total. The lowest BCUT2D eigenvalue weighted by atomic mass is 9.96. The van der Waals surface area contributed by atoms with E-state index in [9.17, 15) is 33.4 Å². The number of ether oxygens (including phenoxy) is 1. The van der Waals surface area contributed by atoms with Gasteiger partial charge >= 0.3 is 23.5 Å². The molecule has 0 saturated carbocycles. The number of nitrogen functional groups attached to an aromatic ring is 1. The summed E-state index contributed by atoms with van der Waals surface area (Å²) in [6.45, 7) is 2.51. The summed E-state index contributed by atoms with van der Waals surface area (Å²) in [5, 5.41) is 11.0. The zero-order valence-corrected chi connectivity index (χ0v) is 21.6. The third-order valence-corrected chi connectivity index (χ3v) is 9.17. The van der Waals surface area contributed by atoms with Crippen LogP contribution >= 0.6 is 35.1 Å².